The summed E-state index contributed by atoms with van der Waals surface area (Å²) in [7, 11) is 0. The summed E-state index contributed by atoms with van der Waals surface area (Å²) in [6, 6.07) is 3.64. The van der Waals surface area contributed by atoms with Gasteiger partial charge in [-0.15, -0.1) is 10.2 Å². The van der Waals surface area contributed by atoms with Crippen molar-refractivity contribution in [1.82, 2.24) is 30.4 Å². The van der Waals surface area contributed by atoms with Crippen LogP contribution in [0.2, 0.25) is 0 Å². The Kier molecular flexibility index (Phi) is 5.32. The van der Waals surface area contributed by atoms with E-state index in [1.807, 2.05) is 26.0 Å². The maximum absolute atomic E-state index is 11.9. The standard InChI is InChI=1S/C16H20N6O2S/c1-10(2)18-15(24)19-13(23)9-25-16-21-20-14(22(16)12-3-4-12)11-5-7-17-8-6-11/h5-8,10,12H,3-4,9H2,1-2H3,(H2,18,19,23,24). The Morgan fingerprint density at radius 3 is 2.64 bits per heavy atom. The van der Waals surface area contributed by atoms with Gasteiger partial charge < -0.3 is 5.32 Å². The lowest BCUT2D eigenvalue weighted by Gasteiger charge is -2.10. The predicted octanol–water partition coefficient (Wildman–Crippen LogP) is 2.00. The summed E-state index contributed by atoms with van der Waals surface area (Å²) in [5.41, 5.74) is 0.946. The second-order valence-electron chi connectivity index (χ2n) is 6.11. The lowest BCUT2D eigenvalue weighted by molar-refractivity contribution is -0.117. The van der Waals surface area contributed by atoms with E-state index in [1.165, 1.54) is 11.8 Å². The molecule has 0 atom stereocenters. The van der Waals surface area contributed by atoms with E-state index in [2.05, 4.69) is 30.4 Å². The molecular weight excluding hydrogens is 340 g/mol. The zero-order valence-electron chi connectivity index (χ0n) is 14.1. The summed E-state index contributed by atoms with van der Waals surface area (Å²) in [4.78, 5) is 27.5. The highest BCUT2D eigenvalue weighted by atomic mass is 32.2. The topological polar surface area (TPSA) is 102 Å². The Morgan fingerprint density at radius 1 is 1.28 bits per heavy atom. The Bertz CT molecular complexity index is 757. The van der Waals surface area contributed by atoms with Crippen molar-refractivity contribution in [2.24, 2.45) is 0 Å². The van der Waals surface area contributed by atoms with Gasteiger partial charge in [0.25, 0.3) is 0 Å². The monoisotopic (exact) mass is 360 g/mol. The molecule has 9 heteroatoms. The molecule has 2 N–H and O–H groups in total. The third kappa shape index (κ3) is 4.56. The SMILES string of the molecule is CC(C)NC(=O)NC(=O)CSc1nnc(-c2ccncc2)n1C1CC1. The Balaban J connectivity index is 1.66. The molecule has 1 saturated carbocycles. The smallest absolute Gasteiger partial charge is 0.321 e. The van der Waals surface area contributed by atoms with Gasteiger partial charge in [-0.3, -0.25) is 19.7 Å². The number of pyridine rings is 1. The number of rotatable bonds is 6. The highest BCUT2D eigenvalue weighted by Gasteiger charge is 2.30. The number of hydrogen-bond acceptors (Lipinski definition) is 6. The molecule has 2 aromatic rings. The number of urea groups is 1. The van der Waals surface area contributed by atoms with Crippen LogP contribution in [0.3, 0.4) is 0 Å². The van der Waals surface area contributed by atoms with Gasteiger partial charge in [0.15, 0.2) is 11.0 Å². The zero-order chi connectivity index (χ0) is 17.8. The summed E-state index contributed by atoms with van der Waals surface area (Å²) in [5.74, 6) is 0.525. The predicted molar refractivity (Wildman–Crippen MR) is 94.1 cm³/mol. The first-order valence-electron chi connectivity index (χ1n) is 8.13. The number of carbonyl (C=O) groups excluding carboxylic acids is 2. The molecule has 132 valence electrons. The summed E-state index contributed by atoms with van der Waals surface area (Å²) in [6.07, 6.45) is 5.59. The van der Waals surface area contributed by atoms with E-state index < -0.39 is 6.03 Å². The van der Waals surface area contributed by atoms with E-state index in [4.69, 9.17) is 0 Å². The maximum Gasteiger partial charge on any atom is 0.321 e. The Morgan fingerprint density at radius 2 is 2.00 bits per heavy atom. The van der Waals surface area contributed by atoms with Gasteiger partial charge in [-0.1, -0.05) is 11.8 Å². The van der Waals surface area contributed by atoms with Crippen LogP contribution in [0.1, 0.15) is 32.7 Å². The highest BCUT2D eigenvalue weighted by Crippen LogP contribution is 2.40. The fraction of sp³-hybridized carbons (Fsp3) is 0.438. The molecule has 3 rings (SSSR count). The first kappa shape index (κ1) is 17.4. The molecule has 0 aliphatic heterocycles. The van der Waals surface area contributed by atoms with Crippen molar-refractivity contribution in [2.75, 3.05) is 5.75 Å². The third-order valence-electron chi connectivity index (χ3n) is 3.52. The minimum Gasteiger partial charge on any atom is -0.336 e. The molecule has 0 aromatic carbocycles. The van der Waals surface area contributed by atoms with Gasteiger partial charge >= 0.3 is 6.03 Å². The van der Waals surface area contributed by atoms with Gasteiger partial charge in [0.05, 0.1) is 5.75 Å². The quantitative estimate of drug-likeness (QED) is 0.764. The molecule has 0 saturated heterocycles. The average Bonchev–Trinajstić information content (AvgIpc) is 3.32. The summed E-state index contributed by atoms with van der Waals surface area (Å²) in [6.45, 7) is 3.66. The number of hydrogen-bond donors (Lipinski definition) is 2. The van der Waals surface area contributed by atoms with E-state index in [0.29, 0.717) is 11.2 Å². The van der Waals surface area contributed by atoms with Gasteiger partial charge in [-0.05, 0) is 38.8 Å². The maximum atomic E-state index is 11.9. The normalized spacial score (nSPS) is 13.7. The van der Waals surface area contributed by atoms with Gasteiger partial charge in [0.2, 0.25) is 5.91 Å². The van der Waals surface area contributed by atoms with Crippen molar-refractivity contribution >= 4 is 23.7 Å². The van der Waals surface area contributed by atoms with Gasteiger partial charge in [-0.25, -0.2) is 4.79 Å². The van der Waals surface area contributed by atoms with E-state index in [-0.39, 0.29) is 17.7 Å². The van der Waals surface area contributed by atoms with Crippen molar-refractivity contribution in [3.63, 3.8) is 0 Å². The molecule has 8 nitrogen and oxygen atoms in total. The van der Waals surface area contributed by atoms with Crippen molar-refractivity contribution < 1.29 is 9.59 Å². The van der Waals surface area contributed by atoms with E-state index in [0.717, 1.165) is 24.2 Å². The molecular formula is C16H20N6O2S. The molecule has 0 unspecified atom stereocenters. The van der Waals surface area contributed by atoms with Crippen LogP contribution in [0.25, 0.3) is 11.4 Å². The second kappa shape index (κ2) is 7.64. The molecule has 2 aromatic heterocycles. The molecule has 1 aliphatic carbocycles. The summed E-state index contributed by atoms with van der Waals surface area (Å²) >= 11 is 1.28. The molecule has 1 aliphatic rings. The molecule has 1 fully saturated rings. The van der Waals surface area contributed by atoms with Crippen LogP contribution in [0, 0.1) is 0 Å². The summed E-state index contributed by atoms with van der Waals surface area (Å²) in [5, 5.41) is 14.1. The van der Waals surface area contributed by atoms with Gasteiger partial charge in [0, 0.05) is 30.0 Å². The Hall–Kier alpha value is -2.42. The highest BCUT2D eigenvalue weighted by molar-refractivity contribution is 7.99. The fourth-order valence-electron chi connectivity index (χ4n) is 2.33. The molecule has 3 amide bonds. The van der Waals surface area contributed by atoms with E-state index in [1.54, 1.807) is 12.4 Å². The van der Waals surface area contributed by atoms with Crippen molar-refractivity contribution in [3.8, 4) is 11.4 Å². The largest absolute Gasteiger partial charge is 0.336 e. The fourth-order valence-corrected chi connectivity index (χ4v) is 3.13. The van der Waals surface area contributed by atoms with Gasteiger partial charge in [0.1, 0.15) is 0 Å². The van der Waals surface area contributed by atoms with Crippen LogP contribution >= 0.6 is 11.8 Å². The minimum absolute atomic E-state index is 0.0265. The third-order valence-corrected chi connectivity index (χ3v) is 4.46. The molecule has 0 radical (unpaired) electrons. The van der Waals surface area contributed by atoms with Crippen molar-refractivity contribution in [3.05, 3.63) is 24.5 Å². The molecule has 2 heterocycles. The first-order chi connectivity index (χ1) is 12.0. The number of nitrogens with one attached hydrogen (secondary N) is 2. The number of aromatic nitrogens is 4. The number of thioether (sulfide) groups is 1. The zero-order valence-corrected chi connectivity index (χ0v) is 14.9. The molecule has 0 bridgehead atoms. The van der Waals surface area contributed by atoms with E-state index in [9.17, 15) is 9.59 Å². The van der Waals surface area contributed by atoms with Crippen LogP contribution in [0.15, 0.2) is 29.7 Å². The molecule has 25 heavy (non-hydrogen) atoms. The van der Waals surface area contributed by atoms with Crippen molar-refractivity contribution in [1.29, 1.82) is 0 Å². The summed E-state index contributed by atoms with van der Waals surface area (Å²) < 4.78 is 2.07. The lowest BCUT2D eigenvalue weighted by Crippen LogP contribution is -2.43. The van der Waals surface area contributed by atoms with Crippen LogP contribution in [0.4, 0.5) is 4.79 Å². The van der Waals surface area contributed by atoms with Gasteiger partial charge in [-0.2, -0.15) is 0 Å². The number of imide groups is 1. The van der Waals surface area contributed by atoms with Crippen LogP contribution in [0.5, 0.6) is 0 Å². The number of carbonyl (C=O) groups is 2. The van der Waals surface area contributed by atoms with Crippen LogP contribution in [-0.4, -0.2) is 43.5 Å². The second-order valence-corrected chi connectivity index (χ2v) is 7.05. The first-order valence-corrected chi connectivity index (χ1v) is 9.11. The molecule has 0 spiro atoms. The number of amides is 3. The van der Waals surface area contributed by atoms with Crippen molar-refractivity contribution in [2.45, 2.75) is 43.9 Å². The van der Waals surface area contributed by atoms with Crippen LogP contribution in [-0.2, 0) is 4.79 Å². The Labute approximate surface area is 149 Å². The minimum atomic E-state index is -0.485. The average molecular weight is 360 g/mol. The van der Waals surface area contributed by atoms with E-state index >= 15 is 0 Å². The lowest BCUT2D eigenvalue weighted by atomic mass is 10.2. The number of nitrogens with zero attached hydrogens (tertiary/aromatic N) is 4. The van der Waals surface area contributed by atoms with Crippen LogP contribution < -0.4 is 10.6 Å².